The van der Waals surface area contributed by atoms with Crippen molar-refractivity contribution >= 4 is 17.3 Å². The lowest BCUT2D eigenvalue weighted by Gasteiger charge is -2.27. The fraction of sp³-hybridized carbons (Fsp3) is 0.375. The summed E-state index contributed by atoms with van der Waals surface area (Å²) in [4.78, 5) is 14.0. The van der Waals surface area contributed by atoms with Crippen LogP contribution in [0.2, 0.25) is 5.02 Å². The minimum absolute atomic E-state index is 0.132. The van der Waals surface area contributed by atoms with Gasteiger partial charge in [-0.2, -0.15) is 5.10 Å². The molecular weight excluding hydrogens is 305 g/mol. The zero-order chi connectivity index (χ0) is 15.9. The van der Waals surface area contributed by atoms with Crippen molar-refractivity contribution in [2.24, 2.45) is 13.0 Å². The summed E-state index contributed by atoms with van der Waals surface area (Å²) in [6.45, 7) is 2.82. The van der Waals surface area contributed by atoms with Crippen LogP contribution in [-0.2, 0) is 7.05 Å². The molecule has 4 nitrogen and oxygen atoms in total. The molecular formula is C16H17ClFN3O. The van der Waals surface area contributed by atoms with Crippen LogP contribution >= 0.6 is 11.6 Å². The number of rotatable bonds is 2. The van der Waals surface area contributed by atoms with E-state index in [-0.39, 0.29) is 22.4 Å². The lowest BCUT2D eigenvalue weighted by molar-refractivity contribution is 0.563. The van der Waals surface area contributed by atoms with Crippen LogP contribution in [-0.4, -0.2) is 16.3 Å². The van der Waals surface area contributed by atoms with E-state index in [9.17, 15) is 9.18 Å². The Morgan fingerprint density at radius 2 is 2.09 bits per heavy atom. The Kier molecular flexibility index (Phi) is 3.91. The van der Waals surface area contributed by atoms with Crippen molar-refractivity contribution in [3.63, 3.8) is 0 Å². The molecule has 1 aromatic carbocycles. The van der Waals surface area contributed by atoms with Crippen LogP contribution in [0.5, 0.6) is 0 Å². The summed E-state index contributed by atoms with van der Waals surface area (Å²) in [5.41, 5.74) is 0.858. The van der Waals surface area contributed by atoms with Gasteiger partial charge in [0, 0.05) is 19.2 Å². The van der Waals surface area contributed by atoms with Crippen molar-refractivity contribution in [1.82, 2.24) is 9.78 Å². The zero-order valence-corrected chi connectivity index (χ0v) is 13.2. The van der Waals surface area contributed by atoms with Gasteiger partial charge >= 0.3 is 0 Å². The molecule has 2 unspecified atom stereocenters. The summed E-state index contributed by atoms with van der Waals surface area (Å²) in [6.07, 6.45) is 2.39. The number of aromatic nitrogens is 2. The summed E-state index contributed by atoms with van der Waals surface area (Å²) in [6, 6.07) is 6.61. The average Bonchev–Trinajstić information content (AvgIpc) is 2.87. The number of nitrogens with zero attached hydrogens (tertiary/aromatic N) is 3. The van der Waals surface area contributed by atoms with E-state index >= 15 is 0 Å². The van der Waals surface area contributed by atoms with Gasteiger partial charge < -0.3 is 4.90 Å². The molecule has 2 atom stereocenters. The number of hydrogen-bond donors (Lipinski definition) is 0. The third kappa shape index (κ3) is 2.50. The highest BCUT2D eigenvalue weighted by molar-refractivity contribution is 6.33. The number of halogens is 2. The van der Waals surface area contributed by atoms with E-state index in [1.54, 1.807) is 25.4 Å². The van der Waals surface area contributed by atoms with Gasteiger partial charge in [0.05, 0.1) is 17.9 Å². The van der Waals surface area contributed by atoms with Gasteiger partial charge in [-0.25, -0.2) is 9.07 Å². The van der Waals surface area contributed by atoms with Gasteiger partial charge in [0.15, 0.2) is 0 Å². The molecule has 0 radical (unpaired) electrons. The largest absolute Gasteiger partial charge is 0.361 e. The Morgan fingerprint density at radius 3 is 2.82 bits per heavy atom. The minimum Gasteiger partial charge on any atom is -0.361 e. The fourth-order valence-corrected chi connectivity index (χ4v) is 3.33. The van der Waals surface area contributed by atoms with Gasteiger partial charge in [-0.05, 0) is 18.4 Å². The Bertz CT molecular complexity index is 761. The van der Waals surface area contributed by atoms with Gasteiger partial charge in [0.25, 0.3) is 5.56 Å². The first kappa shape index (κ1) is 15.0. The van der Waals surface area contributed by atoms with Crippen molar-refractivity contribution in [3.8, 4) is 0 Å². The second-order valence-electron chi connectivity index (χ2n) is 5.80. The van der Waals surface area contributed by atoms with E-state index in [0.29, 0.717) is 23.7 Å². The maximum Gasteiger partial charge on any atom is 0.287 e. The van der Waals surface area contributed by atoms with E-state index in [1.807, 2.05) is 11.0 Å². The lowest BCUT2D eigenvalue weighted by atomic mass is 10.0. The summed E-state index contributed by atoms with van der Waals surface area (Å²) >= 11 is 6.21. The van der Waals surface area contributed by atoms with E-state index in [2.05, 4.69) is 12.0 Å². The Hall–Kier alpha value is -1.88. The highest BCUT2D eigenvalue weighted by atomic mass is 35.5. The molecule has 1 fully saturated rings. The standard InChI is InChI=1S/C16H17ClFN3O/c1-10-7-13(11-5-3-4-6-12(11)18)21(9-10)14-8-19-20(2)16(22)15(14)17/h3-6,8,10,13H,7,9H2,1-2H3. The normalized spacial score (nSPS) is 21.4. The molecule has 0 bridgehead atoms. The Morgan fingerprint density at radius 1 is 1.36 bits per heavy atom. The topological polar surface area (TPSA) is 38.1 Å². The van der Waals surface area contributed by atoms with Gasteiger partial charge in [-0.1, -0.05) is 36.7 Å². The number of anilines is 1. The second-order valence-corrected chi connectivity index (χ2v) is 6.18. The number of aryl methyl sites for hydroxylation is 1. The molecule has 0 N–H and O–H groups in total. The van der Waals surface area contributed by atoms with E-state index in [0.717, 1.165) is 6.42 Å². The van der Waals surface area contributed by atoms with Crippen molar-refractivity contribution in [1.29, 1.82) is 0 Å². The number of benzene rings is 1. The summed E-state index contributed by atoms with van der Waals surface area (Å²) in [7, 11) is 1.55. The molecule has 1 aliphatic heterocycles. The van der Waals surface area contributed by atoms with E-state index < -0.39 is 0 Å². The third-order valence-corrected chi connectivity index (χ3v) is 4.50. The highest BCUT2D eigenvalue weighted by Crippen LogP contribution is 2.40. The smallest absolute Gasteiger partial charge is 0.287 e. The first-order chi connectivity index (χ1) is 10.5. The van der Waals surface area contributed by atoms with Crippen LogP contribution in [0.15, 0.2) is 35.3 Å². The first-order valence-electron chi connectivity index (χ1n) is 7.22. The van der Waals surface area contributed by atoms with Crippen molar-refractivity contribution in [2.75, 3.05) is 11.4 Å². The molecule has 6 heteroatoms. The molecule has 22 heavy (non-hydrogen) atoms. The molecule has 2 aromatic rings. The quantitative estimate of drug-likeness (QED) is 0.852. The molecule has 0 saturated carbocycles. The predicted octanol–water partition coefficient (Wildman–Crippen LogP) is 3.16. The number of hydrogen-bond acceptors (Lipinski definition) is 3. The molecule has 116 valence electrons. The van der Waals surface area contributed by atoms with Gasteiger partial charge in [0.2, 0.25) is 0 Å². The van der Waals surface area contributed by atoms with Crippen LogP contribution in [0.1, 0.15) is 24.9 Å². The van der Waals surface area contributed by atoms with Gasteiger partial charge in [-0.3, -0.25) is 4.79 Å². The average molecular weight is 322 g/mol. The minimum atomic E-state index is -0.342. The molecule has 1 aromatic heterocycles. The van der Waals surface area contributed by atoms with Gasteiger partial charge in [-0.15, -0.1) is 0 Å². The van der Waals surface area contributed by atoms with Gasteiger partial charge in [0.1, 0.15) is 10.8 Å². The molecule has 0 spiro atoms. The molecule has 1 aliphatic rings. The maximum atomic E-state index is 14.2. The van der Waals surface area contributed by atoms with Crippen molar-refractivity contribution in [3.05, 3.63) is 57.2 Å². The van der Waals surface area contributed by atoms with Crippen LogP contribution in [0.4, 0.5) is 10.1 Å². The second kappa shape index (κ2) is 5.72. The van der Waals surface area contributed by atoms with Crippen LogP contribution in [0.25, 0.3) is 0 Å². The first-order valence-corrected chi connectivity index (χ1v) is 7.59. The molecule has 0 amide bonds. The summed E-state index contributed by atoms with van der Waals surface area (Å²) < 4.78 is 15.4. The Balaban J connectivity index is 2.07. The van der Waals surface area contributed by atoms with E-state index in [1.165, 1.54) is 10.7 Å². The van der Waals surface area contributed by atoms with Crippen LogP contribution < -0.4 is 10.5 Å². The molecule has 0 aliphatic carbocycles. The third-order valence-electron chi connectivity index (χ3n) is 4.14. The van der Waals surface area contributed by atoms with Crippen molar-refractivity contribution in [2.45, 2.75) is 19.4 Å². The molecule has 1 saturated heterocycles. The zero-order valence-electron chi connectivity index (χ0n) is 12.5. The van der Waals surface area contributed by atoms with Crippen molar-refractivity contribution < 1.29 is 4.39 Å². The van der Waals surface area contributed by atoms with E-state index in [4.69, 9.17) is 11.6 Å². The lowest BCUT2D eigenvalue weighted by Crippen LogP contribution is -2.28. The summed E-state index contributed by atoms with van der Waals surface area (Å²) in [5, 5.41) is 4.18. The summed E-state index contributed by atoms with van der Waals surface area (Å²) in [5.74, 6) is 0.143. The molecule has 3 rings (SSSR count). The monoisotopic (exact) mass is 321 g/mol. The maximum absolute atomic E-state index is 14.2. The van der Waals surface area contributed by atoms with Crippen LogP contribution in [0, 0.1) is 11.7 Å². The SMILES string of the molecule is CC1CC(c2ccccc2F)N(c2cnn(C)c(=O)c2Cl)C1. The predicted molar refractivity (Wildman–Crippen MR) is 84.8 cm³/mol. The van der Waals surface area contributed by atoms with Crippen LogP contribution in [0.3, 0.4) is 0 Å². The molecule has 2 heterocycles. The highest BCUT2D eigenvalue weighted by Gasteiger charge is 2.34. The fourth-order valence-electron chi connectivity index (χ4n) is 3.05. The Labute approximate surface area is 133 Å².